The zero-order chi connectivity index (χ0) is 26.3. The second kappa shape index (κ2) is 12.3. The molecule has 1 aromatic carbocycles. The Morgan fingerprint density at radius 2 is 1.74 bits per heavy atom. The van der Waals surface area contributed by atoms with Gasteiger partial charge in [-0.25, -0.2) is 4.79 Å². The van der Waals surface area contributed by atoms with Crippen molar-refractivity contribution in [1.82, 2.24) is 15.5 Å². The summed E-state index contributed by atoms with van der Waals surface area (Å²) in [5, 5.41) is 16.4. The van der Waals surface area contributed by atoms with Crippen molar-refractivity contribution in [3.63, 3.8) is 0 Å². The molecule has 1 fully saturated rings. The highest BCUT2D eigenvalue weighted by Crippen LogP contribution is 2.38. The SMILES string of the molecule is CCCC(C)NC(=O)C(c1ccccc1O)N(C(=O)C(CC(C)C)NC(=O)OC(C)(C)C)C1CC1. The van der Waals surface area contributed by atoms with Crippen LogP contribution in [0.5, 0.6) is 5.75 Å². The molecule has 3 unspecified atom stereocenters. The van der Waals surface area contributed by atoms with Gasteiger partial charge in [0, 0.05) is 17.6 Å². The molecule has 1 aliphatic carbocycles. The van der Waals surface area contributed by atoms with Crippen LogP contribution in [-0.4, -0.2) is 51.6 Å². The van der Waals surface area contributed by atoms with E-state index in [1.165, 1.54) is 6.07 Å². The molecule has 3 amide bonds. The highest BCUT2D eigenvalue weighted by molar-refractivity contribution is 5.93. The standard InChI is InChI=1S/C27H43N3O5/c1-8-11-18(4)28-24(32)23(20-12-9-10-13-22(20)31)30(19-14-15-19)25(33)21(16-17(2)3)29-26(34)35-27(5,6)7/h9-10,12-13,17-19,21,23,31H,8,11,14-16H2,1-7H3,(H,28,32)(H,29,34). The first-order valence-corrected chi connectivity index (χ1v) is 12.7. The average Bonchev–Trinajstić information content (AvgIpc) is 3.55. The molecule has 1 aromatic rings. The lowest BCUT2D eigenvalue weighted by atomic mass is 9.98. The first-order valence-electron chi connectivity index (χ1n) is 12.7. The fourth-order valence-electron chi connectivity index (χ4n) is 4.16. The van der Waals surface area contributed by atoms with Gasteiger partial charge in [-0.05, 0) is 65.4 Å². The van der Waals surface area contributed by atoms with Gasteiger partial charge in [0.15, 0.2) is 0 Å². The van der Waals surface area contributed by atoms with Gasteiger partial charge in [0.25, 0.3) is 0 Å². The highest BCUT2D eigenvalue weighted by atomic mass is 16.6. The van der Waals surface area contributed by atoms with Crippen molar-refractivity contribution in [3.05, 3.63) is 29.8 Å². The van der Waals surface area contributed by atoms with Gasteiger partial charge in [-0.3, -0.25) is 9.59 Å². The Morgan fingerprint density at radius 1 is 1.11 bits per heavy atom. The molecule has 1 aliphatic rings. The first-order chi connectivity index (χ1) is 16.3. The predicted molar refractivity (Wildman–Crippen MR) is 136 cm³/mol. The van der Waals surface area contributed by atoms with Crippen LogP contribution < -0.4 is 10.6 Å². The highest BCUT2D eigenvalue weighted by Gasteiger charge is 2.45. The molecule has 3 atom stereocenters. The number of carbonyl (C=O) groups is 3. The van der Waals surface area contributed by atoms with Gasteiger partial charge in [0.05, 0.1) is 0 Å². The lowest BCUT2D eigenvalue weighted by molar-refractivity contribution is -0.143. The average molecular weight is 490 g/mol. The van der Waals surface area contributed by atoms with E-state index in [1.54, 1.807) is 43.9 Å². The van der Waals surface area contributed by atoms with Gasteiger partial charge >= 0.3 is 6.09 Å². The number of phenolic OH excluding ortho intramolecular Hbond substituents is 1. The number of nitrogens with one attached hydrogen (secondary N) is 2. The summed E-state index contributed by atoms with van der Waals surface area (Å²) in [5.41, 5.74) is -0.339. The van der Waals surface area contributed by atoms with Gasteiger partial charge in [-0.15, -0.1) is 0 Å². The quantitative estimate of drug-likeness (QED) is 0.419. The topological polar surface area (TPSA) is 108 Å². The van der Waals surface area contributed by atoms with Crippen LogP contribution >= 0.6 is 0 Å². The molecule has 0 bridgehead atoms. The van der Waals surface area contributed by atoms with Crippen molar-refractivity contribution in [1.29, 1.82) is 0 Å². The van der Waals surface area contributed by atoms with Crippen LogP contribution in [-0.2, 0) is 14.3 Å². The van der Waals surface area contributed by atoms with Crippen molar-refractivity contribution in [2.75, 3.05) is 0 Å². The summed E-state index contributed by atoms with van der Waals surface area (Å²) in [7, 11) is 0. The van der Waals surface area contributed by atoms with E-state index in [4.69, 9.17) is 4.74 Å². The number of rotatable bonds is 11. The summed E-state index contributed by atoms with van der Waals surface area (Å²) in [4.78, 5) is 41.7. The Kier molecular flexibility index (Phi) is 9.98. The lowest BCUT2D eigenvalue weighted by Crippen LogP contribution is -2.54. The van der Waals surface area contributed by atoms with Gasteiger partial charge in [-0.2, -0.15) is 0 Å². The van der Waals surface area contributed by atoms with Crippen LogP contribution in [0.2, 0.25) is 0 Å². The number of aromatic hydroxyl groups is 1. The molecule has 3 N–H and O–H groups in total. The van der Waals surface area contributed by atoms with Crippen molar-refractivity contribution in [2.24, 2.45) is 5.92 Å². The van der Waals surface area contributed by atoms with E-state index in [1.807, 2.05) is 27.7 Å². The van der Waals surface area contributed by atoms with Gasteiger partial charge in [0.1, 0.15) is 23.4 Å². The molecule has 8 heteroatoms. The second-order valence-corrected chi connectivity index (χ2v) is 11.0. The minimum absolute atomic E-state index is 0.0465. The number of benzene rings is 1. The number of hydrogen-bond acceptors (Lipinski definition) is 5. The van der Waals surface area contributed by atoms with Crippen molar-refractivity contribution < 1.29 is 24.2 Å². The Labute approximate surface area is 209 Å². The fraction of sp³-hybridized carbons (Fsp3) is 0.667. The third-order valence-electron chi connectivity index (χ3n) is 5.76. The summed E-state index contributed by atoms with van der Waals surface area (Å²) in [6.45, 7) is 13.2. The van der Waals surface area contributed by atoms with E-state index in [-0.39, 0.29) is 35.6 Å². The molecule has 1 saturated carbocycles. The van der Waals surface area contributed by atoms with E-state index < -0.39 is 23.8 Å². The summed E-state index contributed by atoms with van der Waals surface area (Å²) in [6, 6.07) is 4.52. The third kappa shape index (κ3) is 8.75. The predicted octanol–water partition coefficient (Wildman–Crippen LogP) is 4.67. The van der Waals surface area contributed by atoms with Crippen molar-refractivity contribution in [2.45, 2.75) is 110 Å². The number of phenols is 1. The van der Waals surface area contributed by atoms with Crippen molar-refractivity contribution in [3.8, 4) is 5.75 Å². The third-order valence-corrected chi connectivity index (χ3v) is 5.76. The second-order valence-electron chi connectivity index (χ2n) is 11.0. The molecule has 0 spiro atoms. The largest absolute Gasteiger partial charge is 0.508 e. The fourth-order valence-corrected chi connectivity index (χ4v) is 4.16. The Hall–Kier alpha value is -2.77. The molecular formula is C27H43N3O5. The van der Waals surface area contributed by atoms with Gasteiger partial charge < -0.3 is 25.4 Å². The Bertz CT molecular complexity index is 876. The lowest BCUT2D eigenvalue weighted by Gasteiger charge is -2.35. The van der Waals surface area contributed by atoms with E-state index in [2.05, 4.69) is 10.6 Å². The minimum Gasteiger partial charge on any atom is -0.508 e. The van der Waals surface area contributed by atoms with Gasteiger partial charge in [-0.1, -0.05) is 45.4 Å². The molecule has 8 nitrogen and oxygen atoms in total. The number of carbonyl (C=O) groups excluding carboxylic acids is 3. The number of para-hydroxylation sites is 1. The summed E-state index contributed by atoms with van der Waals surface area (Å²) in [5.74, 6) is -0.622. The number of alkyl carbamates (subject to hydrolysis) is 1. The number of hydrogen-bond donors (Lipinski definition) is 3. The number of amides is 3. The van der Waals surface area contributed by atoms with Crippen LogP contribution in [0, 0.1) is 5.92 Å². The van der Waals surface area contributed by atoms with Crippen LogP contribution in [0.1, 0.15) is 92.2 Å². The van der Waals surface area contributed by atoms with Crippen LogP contribution in [0.4, 0.5) is 4.79 Å². The molecule has 0 radical (unpaired) electrons. The molecule has 0 aromatic heterocycles. The zero-order valence-corrected chi connectivity index (χ0v) is 22.3. The molecular weight excluding hydrogens is 446 g/mol. The van der Waals surface area contributed by atoms with E-state index in [0.717, 1.165) is 25.7 Å². The summed E-state index contributed by atoms with van der Waals surface area (Å²) >= 11 is 0. The normalized spacial score (nSPS) is 16.2. The van der Waals surface area contributed by atoms with Crippen LogP contribution in [0.3, 0.4) is 0 Å². The molecule has 0 saturated heterocycles. The van der Waals surface area contributed by atoms with Crippen LogP contribution in [0.15, 0.2) is 24.3 Å². The van der Waals surface area contributed by atoms with E-state index in [9.17, 15) is 19.5 Å². The molecule has 196 valence electrons. The molecule has 2 rings (SSSR count). The number of ether oxygens (including phenoxy) is 1. The molecule has 0 aliphatic heterocycles. The Balaban J connectivity index is 2.44. The maximum Gasteiger partial charge on any atom is 0.408 e. The number of nitrogens with zero attached hydrogens (tertiary/aromatic N) is 1. The minimum atomic E-state index is -1.01. The monoisotopic (exact) mass is 489 g/mol. The maximum atomic E-state index is 14.0. The maximum absolute atomic E-state index is 14.0. The van der Waals surface area contributed by atoms with E-state index in [0.29, 0.717) is 12.0 Å². The summed E-state index contributed by atoms with van der Waals surface area (Å²) in [6.07, 6.45) is 2.94. The smallest absolute Gasteiger partial charge is 0.408 e. The zero-order valence-electron chi connectivity index (χ0n) is 22.3. The molecule has 35 heavy (non-hydrogen) atoms. The van der Waals surface area contributed by atoms with Gasteiger partial charge in [0.2, 0.25) is 11.8 Å². The van der Waals surface area contributed by atoms with E-state index >= 15 is 0 Å². The summed E-state index contributed by atoms with van der Waals surface area (Å²) < 4.78 is 5.41. The first kappa shape index (κ1) is 28.5. The Morgan fingerprint density at radius 3 is 2.26 bits per heavy atom. The van der Waals surface area contributed by atoms with Crippen molar-refractivity contribution >= 4 is 17.9 Å². The molecule has 0 heterocycles. The van der Waals surface area contributed by atoms with Crippen LogP contribution in [0.25, 0.3) is 0 Å².